The van der Waals surface area contributed by atoms with Crippen LogP contribution in [0.1, 0.15) is 51.4 Å². The van der Waals surface area contributed by atoms with Crippen molar-refractivity contribution in [3.63, 3.8) is 0 Å². The van der Waals surface area contributed by atoms with Crippen molar-refractivity contribution < 1.29 is 9.53 Å². The zero-order chi connectivity index (χ0) is 10.6. The molecular weight excluding hydrogens is 200 g/mol. The first-order chi connectivity index (χ1) is 6.77. The van der Waals surface area contributed by atoms with Crippen LogP contribution in [-0.2, 0) is 9.53 Å². The number of carbonyl (C=O) groups excluding carboxylic acids is 1. The molecule has 3 heteroatoms. The van der Waals surface area contributed by atoms with Gasteiger partial charge < -0.3 is 4.74 Å². The van der Waals surface area contributed by atoms with E-state index in [1.165, 1.54) is 25.7 Å². The van der Waals surface area contributed by atoms with Crippen LogP contribution in [0, 0.1) is 0 Å². The van der Waals surface area contributed by atoms with E-state index >= 15 is 0 Å². The second-order valence-corrected chi connectivity index (χ2v) is 3.99. The van der Waals surface area contributed by atoms with Crippen LogP contribution in [0.3, 0.4) is 0 Å². The molecule has 0 aromatic heterocycles. The molecule has 0 bridgehead atoms. The zero-order valence-corrected chi connectivity index (χ0v) is 9.81. The molecule has 0 saturated carbocycles. The Kier molecular flexibility index (Phi) is 10.9. The van der Waals surface area contributed by atoms with Crippen LogP contribution in [0.15, 0.2) is 0 Å². The normalized spacial score (nSPS) is 10.4. The summed E-state index contributed by atoms with van der Waals surface area (Å²) in [5.74, 6) is 0. The summed E-state index contributed by atoms with van der Waals surface area (Å²) in [6, 6.07) is 0. The fraction of sp³-hybridized carbons (Fsp3) is 0.909. The molecule has 0 N–H and O–H groups in total. The number of ether oxygens (including phenoxy) is 1. The van der Waals surface area contributed by atoms with Gasteiger partial charge in [0.2, 0.25) is 5.24 Å². The van der Waals surface area contributed by atoms with Crippen LogP contribution in [0.2, 0.25) is 0 Å². The maximum absolute atomic E-state index is 10.4. The Balaban J connectivity index is 2.88. The van der Waals surface area contributed by atoms with Crippen LogP contribution in [-0.4, -0.2) is 19.0 Å². The third-order valence-electron chi connectivity index (χ3n) is 2.22. The van der Waals surface area contributed by atoms with Crippen LogP contribution in [0.4, 0.5) is 0 Å². The fourth-order valence-corrected chi connectivity index (χ4v) is 1.53. The van der Waals surface area contributed by atoms with Gasteiger partial charge in [0.25, 0.3) is 0 Å². The van der Waals surface area contributed by atoms with Crippen molar-refractivity contribution in [2.24, 2.45) is 0 Å². The quantitative estimate of drug-likeness (QED) is 0.416. The molecule has 0 saturated heterocycles. The van der Waals surface area contributed by atoms with E-state index in [1.54, 1.807) is 7.11 Å². The van der Waals surface area contributed by atoms with Crippen LogP contribution < -0.4 is 0 Å². The maximum atomic E-state index is 10.4. The molecule has 0 heterocycles. The van der Waals surface area contributed by atoms with Gasteiger partial charge in [0.05, 0.1) is 0 Å². The first kappa shape index (κ1) is 13.9. The number of hydrogen-bond donors (Lipinski definition) is 0. The van der Waals surface area contributed by atoms with Crippen molar-refractivity contribution in [2.75, 3.05) is 13.7 Å². The molecule has 2 nitrogen and oxygen atoms in total. The molecule has 0 aliphatic heterocycles. The number of halogens is 1. The monoisotopic (exact) mass is 220 g/mol. The topological polar surface area (TPSA) is 26.3 Å². The van der Waals surface area contributed by atoms with E-state index in [9.17, 15) is 4.79 Å². The Morgan fingerprint density at radius 3 is 2.00 bits per heavy atom. The van der Waals surface area contributed by atoms with Gasteiger partial charge in [-0.05, 0) is 24.4 Å². The lowest BCUT2D eigenvalue weighted by Crippen LogP contribution is -1.89. The van der Waals surface area contributed by atoms with E-state index in [-0.39, 0.29) is 5.24 Å². The summed E-state index contributed by atoms with van der Waals surface area (Å²) in [4.78, 5) is 10.4. The standard InChI is InChI=1S/C11H21ClO2/c1-14-10-8-6-4-2-3-5-7-9-11(12)13/h2-10H2,1H3. The van der Waals surface area contributed by atoms with E-state index in [4.69, 9.17) is 16.3 Å². The Bertz CT molecular complexity index is 137. The van der Waals surface area contributed by atoms with Crippen molar-refractivity contribution in [1.29, 1.82) is 0 Å². The van der Waals surface area contributed by atoms with Crippen molar-refractivity contribution in [2.45, 2.75) is 51.4 Å². The average molecular weight is 221 g/mol. The third-order valence-corrected chi connectivity index (χ3v) is 2.41. The molecule has 0 atom stereocenters. The van der Waals surface area contributed by atoms with E-state index < -0.39 is 0 Å². The third kappa shape index (κ3) is 11.9. The molecule has 0 rings (SSSR count). The molecule has 0 aromatic carbocycles. The first-order valence-corrected chi connectivity index (χ1v) is 5.82. The molecule has 0 amide bonds. The lowest BCUT2D eigenvalue weighted by atomic mass is 10.1. The lowest BCUT2D eigenvalue weighted by Gasteiger charge is -2.00. The smallest absolute Gasteiger partial charge is 0.221 e. The average Bonchev–Trinajstić information content (AvgIpc) is 2.15. The second-order valence-electron chi connectivity index (χ2n) is 3.57. The highest BCUT2D eigenvalue weighted by atomic mass is 35.5. The van der Waals surface area contributed by atoms with Gasteiger partial charge in [-0.3, -0.25) is 4.79 Å². The van der Waals surface area contributed by atoms with Gasteiger partial charge in [0.15, 0.2) is 0 Å². The number of hydrogen-bond acceptors (Lipinski definition) is 2. The molecular formula is C11H21ClO2. The molecule has 0 unspecified atom stereocenters. The maximum Gasteiger partial charge on any atom is 0.221 e. The number of methoxy groups -OCH3 is 1. The summed E-state index contributed by atoms with van der Waals surface area (Å²) in [5.41, 5.74) is 0. The Morgan fingerprint density at radius 1 is 1.00 bits per heavy atom. The Morgan fingerprint density at radius 2 is 1.50 bits per heavy atom. The first-order valence-electron chi connectivity index (χ1n) is 5.44. The molecule has 0 aliphatic carbocycles. The molecule has 0 aromatic rings. The van der Waals surface area contributed by atoms with Crippen molar-refractivity contribution >= 4 is 16.8 Å². The predicted molar refractivity (Wildman–Crippen MR) is 59.7 cm³/mol. The summed E-state index contributed by atoms with van der Waals surface area (Å²) in [5, 5.41) is -0.204. The predicted octanol–water partition coefficient (Wildman–Crippen LogP) is 3.52. The summed E-state index contributed by atoms with van der Waals surface area (Å²) in [7, 11) is 1.74. The van der Waals surface area contributed by atoms with Gasteiger partial charge in [-0.2, -0.15) is 0 Å². The molecule has 84 valence electrons. The van der Waals surface area contributed by atoms with Gasteiger partial charge in [0, 0.05) is 20.1 Å². The molecule has 14 heavy (non-hydrogen) atoms. The summed E-state index contributed by atoms with van der Waals surface area (Å²) in [6.07, 6.45) is 8.78. The van der Waals surface area contributed by atoms with Gasteiger partial charge >= 0.3 is 0 Å². The number of unbranched alkanes of at least 4 members (excludes halogenated alkanes) is 6. The van der Waals surface area contributed by atoms with Crippen LogP contribution in [0.25, 0.3) is 0 Å². The highest BCUT2D eigenvalue weighted by Crippen LogP contribution is 2.09. The van der Waals surface area contributed by atoms with E-state index in [2.05, 4.69) is 0 Å². The lowest BCUT2D eigenvalue weighted by molar-refractivity contribution is -0.111. The summed E-state index contributed by atoms with van der Waals surface area (Å²) in [6.45, 7) is 0.876. The van der Waals surface area contributed by atoms with Gasteiger partial charge in [0.1, 0.15) is 0 Å². The highest BCUT2D eigenvalue weighted by molar-refractivity contribution is 6.63. The number of carbonyl (C=O) groups is 1. The largest absolute Gasteiger partial charge is 0.385 e. The Hall–Kier alpha value is -0.0800. The summed E-state index contributed by atoms with van der Waals surface area (Å²) < 4.78 is 4.96. The summed E-state index contributed by atoms with van der Waals surface area (Å²) >= 11 is 5.22. The molecule has 0 radical (unpaired) electrons. The molecule has 0 spiro atoms. The zero-order valence-electron chi connectivity index (χ0n) is 9.06. The van der Waals surface area contributed by atoms with Crippen LogP contribution >= 0.6 is 11.6 Å². The van der Waals surface area contributed by atoms with Crippen molar-refractivity contribution in [3.05, 3.63) is 0 Å². The minimum Gasteiger partial charge on any atom is -0.385 e. The van der Waals surface area contributed by atoms with Gasteiger partial charge in [-0.1, -0.05) is 32.1 Å². The van der Waals surface area contributed by atoms with Gasteiger partial charge in [-0.15, -0.1) is 0 Å². The van der Waals surface area contributed by atoms with E-state index in [0.717, 1.165) is 25.9 Å². The molecule has 0 aliphatic rings. The fourth-order valence-electron chi connectivity index (χ4n) is 1.39. The van der Waals surface area contributed by atoms with E-state index in [1.807, 2.05) is 0 Å². The van der Waals surface area contributed by atoms with Crippen LogP contribution in [0.5, 0.6) is 0 Å². The SMILES string of the molecule is COCCCCCCCCCC(=O)Cl. The second kappa shape index (κ2) is 11.0. The highest BCUT2D eigenvalue weighted by Gasteiger charge is 1.95. The minimum atomic E-state index is -0.204. The minimum absolute atomic E-state index is 0.204. The van der Waals surface area contributed by atoms with Crippen molar-refractivity contribution in [1.82, 2.24) is 0 Å². The van der Waals surface area contributed by atoms with Crippen molar-refractivity contribution in [3.8, 4) is 0 Å². The van der Waals surface area contributed by atoms with Gasteiger partial charge in [-0.25, -0.2) is 0 Å². The Labute approximate surface area is 92.0 Å². The number of rotatable bonds is 10. The van der Waals surface area contributed by atoms with E-state index in [0.29, 0.717) is 6.42 Å². The molecule has 0 fully saturated rings.